The van der Waals surface area contributed by atoms with Crippen LogP contribution in [0.15, 0.2) is 0 Å². The van der Waals surface area contributed by atoms with E-state index in [-0.39, 0.29) is 0 Å². The van der Waals surface area contributed by atoms with Gasteiger partial charge in [0.1, 0.15) is 0 Å². The summed E-state index contributed by atoms with van der Waals surface area (Å²) in [5.41, 5.74) is 0.538. The van der Waals surface area contributed by atoms with Crippen molar-refractivity contribution in [3.05, 3.63) is 0 Å². The number of hydrogen-bond acceptors (Lipinski definition) is 2. The summed E-state index contributed by atoms with van der Waals surface area (Å²) >= 11 is 0. The van der Waals surface area contributed by atoms with Crippen LogP contribution in [-0.4, -0.2) is 26.2 Å². The molecule has 1 aliphatic heterocycles. The molecule has 0 aromatic heterocycles. The van der Waals surface area contributed by atoms with Crippen LogP contribution in [0, 0.1) is 11.3 Å². The lowest BCUT2D eigenvalue weighted by molar-refractivity contribution is 0.192. The molecule has 0 aromatic carbocycles. The molecule has 0 aromatic rings. The van der Waals surface area contributed by atoms with Gasteiger partial charge in [-0.2, -0.15) is 0 Å². The van der Waals surface area contributed by atoms with Crippen molar-refractivity contribution in [2.24, 2.45) is 11.3 Å². The SMILES string of the molecule is CCC1(CNCCCCCCC(C)C)CCCNC1. The lowest BCUT2D eigenvalue weighted by Gasteiger charge is -2.37. The summed E-state index contributed by atoms with van der Waals surface area (Å²) in [5, 5.41) is 7.27. The minimum absolute atomic E-state index is 0.538. The zero-order valence-electron chi connectivity index (χ0n) is 13.6. The number of piperidine rings is 1. The molecule has 1 heterocycles. The molecule has 2 N–H and O–H groups in total. The van der Waals surface area contributed by atoms with Crippen molar-refractivity contribution in [2.45, 2.75) is 72.1 Å². The van der Waals surface area contributed by atoms with Gasteiger partial charge in [0.05, 0.1) is 0 Å². The number of hydrogen-bond donors (Lipinski definition) is 2. The van der Waals surface area contributed by atoms with E-state index in [0.717, 1.165) is 5.92 Å². The van der Waals surface area contributed by atoms with Crippen LogP contribution in [0.3, 0.4) is 0 Å². The minimum atomic E-state index is 0.538. The molecule has 2 heteroatoms. The Morgan fingerprint density at radius 1 is 1.16 bits per heavy atom. The first kappa shape index (κ1) is 17.0. The fourth-order valence-corrected chi connectivity index (χ4v) is 3.12. The molecule has 0 spiro atoms. The highest BCUT2D eigenvalue weighted by Gasteiger charge is 2.29. The number of unbranched alkanes of at least 4 members (excludes halogenated alkanes) is 3. The fourth-order valence-electron chi connectivity index (χ4n) is 3.12. The molecule has 0 aliphatic carbocycles. The van der Waals surface area contributed by atoms with Crippen molar-refractivity contribution in [1.82, 2.24) is 10.6 Å². The smallest absolute Gasteiger partial charge is 0.00199 e. The van der Waals surface area contributed by atoms with Crippen LogP contribution in [0.5, 0.6) is 0 Å². The summed E-state index contributed by atoms with van der Waals surface area (Å²) in [6.45, 7) is 11.9. The molecule has 1 rings (SSSR count). The molecular weight excluding hydrogens is 232 g/mol. The molecule has 1 atom stereocenters. The Bertz CT molecular complexity index is 207. The summed E-state index contributed by atoms with van der Waals surface area (Å²) in [6.07, 6.45) is 11.0. The van der Waals surface area contributed by atoms with E-state index < -0.39 is 0 Å². The molecule has 0 radical (unpaired) electrons. The first-order chi connectivity index (χ1) is 9.18. The summed E-state index contributed by atoms with van der Waals surface area (Å²) in [4.78, 5) is 0. The molecule has 0 saturated carbocycles. The van der Waals surface area contributed by atoms with E-state index >= 15 is 0 Å². The Morgan fingerprint density at radius 2 is 1.95 bits per heavy atom. The second-order valence-corrected chi connectivity index (χ2v) is 6.91. The van der Waals surface area contributed by atoms with Crippen LogP contribution in [0.25, 0.3) is 0 Å². The van der Waals surface area contributed by atoms with Crippen LogP contribution in [-0.2, 0) is 0 Å². The van der Waals surface area contributed by atoms with Gasteiger partial charge in [0.15, 0.2) is 0 Å². The van der Waals surface area contributed by atoms with E-state index in [1.165, 1.54) is 77.5 Å². The van der Waals surface area contributed by atoms with Crippen molar-refractivity contribution in [2.75, 3.05) is 26.2 Å². The summed E-state index contributed by atoms with van der Waals surface area (Å²) in [5.74, 6) is 0.876. The highest BCUT2D eigenvalue weighted by atomic mass is 14.9. The van der Waals surface area contributed by atoms with E-state index in [0.29, 0.717) is 5.41 Å². The first-order valence-electron chi connectivity index (χ1n) is 8.60. The minimum Gasteiger partial charge on any atom is -0.316 e. The van der Waals surface area contributed by atoms with Crippen molar-refractivity contribution >= 4 is 0 Å². The van der Waals surface area contributed by atoms with E-state index in [2.05, 4.69) is 31.4 Å². The van der Waals surface area contributed by atoms with E-state index in [4.69, 9.17) is 0 Å². The molecule has 19 heavy (non-hydrogen) atoms. The maximum Gasteiger partial charge on any atom is 0.00199 e. The molecule has 2 nitrogen and oxygen atoms in total. The first-order valence-corrected chi connectivity index (χ1v) is 8.60. The normalized spacial score (nSPS) is 24.0. The van der Waals surface area contributed by atoms with Crippen LogP contribution in [0.1, 0.15) is 72.1 Å². The standard InChI is InChI=1S/C17H36N2/c1-4-17(11-9-13-19-15-17)14-18-12-8-6-5-7-10-16(2)3/h16,18-19H,4-15H2,1-3H3. The van der Waals surface area contributed by atoms with Crippen LogP contribution < -0.4 is 10.6 Å². The average molecular weight is 268 g/mol. The van der Waals surface area contributed by atoms with Gasteiger partial charge < -0.3 is 10.6 Å². The van der Waals surface area contributed by atoms with E-state index in [1.807, 2.05) is 0 Å². The van der Waals surface area contributed by atoms with Crippen molar-refractivity contribution in [3.8, 4) is 0 Å². The molecule has 0 bridgehead atoms. The predicted octanol–water partition coefficient (Wildman–Crippen LogP) is 3.96. The van der Waals surface area contributed by atoms with Gasteiger partial charge >= 0.3 is 0 Å². The largest absolute Gasteiger partial charge is 0.316 e. The van der Waals surface area contributed by atoms with Gasteiger partial charge in [0.2, 0.25) is 0 Å². The summed E-state index contributed by atoms with van der Waals surface area (Å²) in [7, 11) is 0. The zero-order chi connectivity index (χ0) is 14.0. The van der Waals surface area contributed by atoms with E-state index in [1.54, 1.807) is 0 Å². The Labute approximate surface area is 121 Å². The highest BCUT2D eigenvalue weighted by molar-refractivity contribution is 4.86. The Morgan fingerprint density at radius 3 is 2.58 bits per heavy atom. The summed E-state index contributed by atoms with van der Waals surface area (Å²) < 4.78 is 0. The molecule has 1 saturated heterocycles. The maximum atomic E-state index is 3.71. The topological polar surface area (TPSA) is 24.1 Å². The Kier molecular flexibility index (Phi) is 8.72. The van der Waals surface area contributed by atoms with Gasteiger partial charge in [-0.1, -0.05) is 46.5 Å². The second kappa shape index (κ2) is 9.77. The fraction of sp³-hybridized carbons (Fsp3) is 1.00. The van der Waals surface area contributed by atoms with Gasteiger partial charge in [-0.15, -0.1) is 0 Å². The summed E-state index contributed by atoms with van der Waals surface area (Å²) in [6, 6.07) is 0. The average Bonchev–Trinajstić information content (AvgIpc) is 2.42. The van der Waals surface area contributed by atoms with E-state index in [9.17, 15) is 0 Å². The van der Waals surface area contributed by atoms with Gasteiger partial charge in [-0.25, -0.2) is 0 Å². The maximum absolute atomic E-state index is 3.71. The highest BCUT2D eigenvalue weighted by Crippen LogP contribution is 2.28. The molecule has 114 valence electrons. The van der Waals surface area contributed by atoms with Gasteiger partial charge in [0.25, 0.3) is 0 Å². The van der Waals surface area contributed by atoms with Crippen LogP contribution in [0.4, 0.5) is 0 Å². The van der Waals surface area contributed by atoms with Gasteiger partial charge in [-0.3, -0.25) is 0 Å². The Balaban J connectivity index is 1.97. The molecular formula is C17H36N2. The molecule has 1 fully saturated rings. The third-order valence-electron chi connectivity index (χ3n) is 4.70. The van der Waals surface area contributed by atoms with Gasteiger partial charge in [0, 0.05) is 13.1 Å². The lowest BCUT2D eigenvalue weighted by Crippen LogP contribution is -2.46. The number of nitrogens with one attached hydrogen (secondary N) is 2. The van der Waals surface area contributed by atoms with Crippen LogP contribution in [0.2, 0.25) is 0 Å². The second-order valence-electron chi connectivity index (χ2n) is 6.91. The zero-order valence-corrected chi connectivity index (χ0v) is 13.6. The number of rotatable bonds is 10. The van der Waals surface area contributed by atoms with Crippen molar-refractivity contribution in [1.29, 1.82) is 0 Å². The Hall–Kier alpha value is -0.0800. The van der Waals surface area contributed by atoms with Crippen LogP contribution >= 0.6 is 0 Å². The monoisotopic (exact) mass is 268 g/mol. The molecule has 0 amide bonds. The molecule has 1 unspecified atom stereocenters. The van der Waals surface area contributed by atoms with Crippen molar-refractivity contribution < 1.29 is 0 Å². The lowest BCUT2D eigenvalue weighted by atomic mass is 9.78. The van der Waals surface area contributed by atoms with Gasteiger partial charge in [-0.05, 0) is 50.1 Å². The third-order valence-corrected chi connectivity index (χ3v) is 4.70. The van der Waals surface area contributed by atoms with Crippen molar-refractivity contribution in [3.63, 3.8) is 0 Å². The molecule has 1 aliphatic rings. The quantitative estimate of drug-likeness (QED) is 0.586. The third kappa shape index (κ3) is 7.31. The predicted molar refractivity (Wildman–Crippen MR) is 85.6 cm³/mol.